The van der Waals surface area contributed by atoms with E-state index in [1.807, 2.05) is 16.8 Å². The topological polar surface area (TPSA) is 62.5 Å². The summed E-state index contributed by atoms with van der Waals surface area (Å²) in [5, 5.41) is 7.58. The maximum absolute atomic E-state index is 13.4. The summed E-state index contributed by atoms with van der Waals surface area (Å²) in [5.74, 6) is -0.891. The molecule has 1 fully saturated rings. The first-order valence-corrected chi connectivity index (χ1v) is 11.8. The van der Waals surface area contributed by atoms with Crippen molar-refractivity contribution in [2.24, 2.45) is 5.92 Å². The van der Waals surface area contributed by atoms with E-state index >= 15 is 0 Å². The lowest BCUT2D eigenvalue weighted by Gasteiger charge is -2.33. The van der Waals surface area contributed by atoms with Gasteiger partial charge in [-0.25, -0.2) is 18.3 Å². The van der Waals surface area contributed by atoms with Gasteiger partial charge in [-0.2, -0.15) is 5.10 Å². The number of aromatic nitrogens is 3. The zero-order valence-electron chi connectivity index (χ0n) is 19.8. The molecule has 6 nitrogen and oxygen atoms in total. The first kappa shape index (κ1) is 23.0. The third-order valence-corrected chi connectivity index (χ3v) is 6.65. The molecule has 0 unspecified atom stereocenters. The Morgan fingerprint density at radius 1 is 1.09 bits per heavy atom. The molecule has 0 spiro atoms. The second kappa shape index (κ2) is 9.44. The molecule has 0 bridgehead atoms. The van der Waals surface area contributed by atoms with E-state index in [9.17, 15) is 13.6 Å². The maximum Gasteiger partial charge on any atom is 0.225 e. The molecule has 1 atom stereocenters. The smallest absolute Gasteiger partial charge is 0.225 e. The molecule has 1 N–H and O–H groups in total. The van der Waals surface area contributed by atoms with Gasteiger partial charge in [-0.15, -0.1) is 0 Å². The number of rotatable bonds is 5. The number of piperidine rings is 1. The number of carbonyl (C=O) groups excluding carboxylic acids is 1. The summed E-state index contributed by atoms with van der Waals surface area (Å²) in [4.78, 5) is 19.6. The van der Waals surface area contributed by atoms with Crippen molar-refractivity contribution in [3.8, 4) is 11.3 Å². The Morgan fingerprint density at radius 2 is 1.89 bits per heavy atom. The zero-order valence-corrected chi connectivity index (χ0v) is 19.8. The van der Waals surface area contributed by atoms with Gasteiger partial charge in [0.1, 0.15) is 17.2 Å². The second-order valence-electron chi connectivity index (χ2n) is 9.19. The van der Waals surface area contributed by atoms with Crippen LogP contribution in [0.2, 0.25) is 0 Å². The maximum atomic E-state index is 13.4. The summed E-state index contributed by atoms with van der Waals surface area (Å²) >= 11 is 0. The van der Waals surface area contributed by atoms with E-state index in [2.05, 4.69) is 47.2 Å². The summed E-state index contributed by atoms with van der Waals surface area (Å²) in [5.41, 5.74) is 5.65. The van der Waals surface area contributed by atoms with Crippen LogP contribution in [0.1, 0.15) is 29.5 Å². The predicted molar refractivity (Wildman–Crippen MR) is 131 cm³/mol. The van der Waals surface area contributed by atoms with E-state index in [1.165, 1.54) is 23.3 Å². The lowest BCUT2D eigenvalue weighted by Crippen LogP contribution is -2.43. The van der Waals surface area contributed by atoms with E-state index in [4.69, 9.17) is 5.10 Å². The molecule has 0 saturated carbocycles. The number of amides is 1. The highest BCUT2D eigenvalue weighted by molar-refractivity contribution is 5.81. The van der Waals surface area contributed by atoms with E-state index in [0.29, 0.717) is 12.1 Å². The average molecular weight is 476 g/mol. The SMILES string of the molecule is Cc1ccc(-c2cc3c(N4CCC[C@@H](C(=O)NCc5cc(F)cc(F)c5)C4)nccn3n2)cc1C. The first-order valence-electron chi connectivity index (χ1n) is 11.8. The van der Waals surface area contributed by atoms with Crippen molar-refractivity contribution in [1.82, 2.24) is 19.9 Å². The summed E-state index contributed by atoms with van der Waals surface area (Å²) < 4.78 is 28.7. The number of aryl methyl sites for hydroxylation is 2. The Bertz CT molecular complexity index is 1380. The van der Waals surface area contributed by atoms with Gasteiger partial charge in [0, 0.05) is 43.7 Å². The third kappa shape index (κ3) is 4.87. The Hall–Kier alpha value is -3.81. The molecule has 3 heterocycles. The number of hydrogen-bond donors (Lipinski definition) is 1. The molecular weight excluding hydrogens is 448 g/mol. The van der Waals surface area contributed by atoms with Crippen molar-refractivity contribution in [2.75, 3.05) is 18.0 Å². The monoisotopic (exact) mass is 475 g/mol. The second-order valence-corrected chi connectivity index (χ2v) is 9.19. The number of anilines is 1. The van der Waals surface area contributed by atoms with Crippen LogP contribution < -0.4 is 10.2 Å². The van der Waals surface area contributed by atoms with Gasteiger partial charge in [0.25, 0.3) is 0 Å². The van der Waals surface area contributed by atoms with Crippen LogP contribution in [0.15, 0.2) is 54.9 Å². The van der Waals surface area contributed by atoms with Gasteiger partial charge in [0.2, 0.25) is 5.91 Å². The molecule has 1 saturated heterocycles. The van der Waals surface area contributed by atoms with Gasteiger partial charge in [-0.3, -0.25) is 4.79 Å². The zero-order chi connectivity index (χ0) is 24.5. The number of halogens is 2. The van der Waals surface area contributed by atoms with E-state index in [0.717, 1.165) is 48.0 Å². The molecule has 8 heteroatoms. The standard InChI is InChI=1S/C27H27F2N5O/c1-17-5-6-20(10-18(17)2)24-14-25-26(30-7-9-34(25)32-24)33-8-3-4-21(16-33)27(35)31-15-19-11-22(28)13-23(29)12-19/h5-7,9-14,21H,3-4,8,15-16H2,1-2H3,(H,31,35)/t21-/m1/s1. The Balaban J connectivity index is 1.33. The lowest BCUT2D eigenvalue weighted by atomic mass is 9.97. The molecule has 5 rings (SSSR count). The molecule has 1 aliphatic rings. The van der Waals surface area contributed by atoms with Crippen molar-refractivity contribution in [2.45, 2.75) is 33.2 Å². The fourth-order valence-corrected chi connectivity index (χ4v) is 4.62. The minimum Gasteiger partial charge on any atom is -0.354 e. The molecular formula is C27H27F2N5O. The number of fused-ring (bicyclic) bond motifs is 1. The highest BCUT2D eigenvalue weighted by Crippen LogP contribution is 2.29. The summed E-state index contributed by atoms with van der Waals surface area (Å²) in [6.07, 6.45) is 5.14. The molecule has 2 aromatic carbocycles. The number of carbonyl (C=O) groups is 1. The first-order chi connectivity index (χ1) is 16.9. The van der Waals surface area contributed by atoms with Crippen LogP contribution >= 0.6 is 0 Å². The van der Waals surface area contributed by atoms with Crippen molar-refractivity contribution in [3.63, 3.8) is 0 Å². The minimum atomic E-state index is -0.654. The summed E-state index contributed by atoms with van der Waals surface area (Å²) in [6, 6.07) is 11.6. The molecule has 0 aliphatic carbocycles. The largest absolute Gasteiger partial charge is 0.354 e. The lowest BCUT2D eigenvalue weighted by molar-refractivity contribution is -0.125. The van der Waals surface area contributed by atoms with Gasteiger partial charge >= 0.3 is 0 Å². The van der Waals surface area contributed by atoms with Crippen LogP contribution in [0.25, 0.3) is 16.8 Å². The third-order valence-electron chi connectivity index (χ3n) is 6.65. The van der Waals surface area contributed by atoms with E-state index in [1.54, 1.807) is 6.20 Å². The molecule has 2 aromatic heterocycles. The van der Waals surface area contributed by atoms with Crippen LogP contribution in [0.3, 0.4) is 0 Å². The average Bonchev–Trinajstić information content (AvgIpc) is 3.28. The van der Waals surface area contributed by atoms with Crippen LogP contribution in [0.5, 0.6) is 0 Å². The molecule has 1 amide bonds. The van der Waals surface area contributed by atoms with Crippen LogP contribution in [-0.2, 0) is 11.3 Å². The quantitative estimate of drug-likeness (QED) is 0.449. The van der Waals surface area contributed by atoms with Crippen molar-refractivity contribution >= 4 is 17.2 Å². The van der Waals surface area contributed by atoms with Crippen LogP contribution in [-0.4, -0.2) is 33.6 Å². The molecule has 1 aliphatic heterocycles. The Kier molecular flexibility index (Phi) is 6.19. The molecule has 180 valence electrons. The van der Waals surface area contributed by atoms with Gasteiger partial charge in [0.15, 0.2) is 5.82 Å². The van der Waals surface area contributed by atoms with Crippen molar-refractivity contribution in [3.05, 3.63) is 83.2 Å². The molecule has 4 aromatic rings. The fourth-order valence-electron chi connectivity index (χ4n) is 4.62. The highest BCUT2D eigenvalue weighted by Gasteiger charge is 2.28. The Labute approximate surface area is 202 Å². The summed E-state index contributed by atoms with van der Waals surface area (Å²) in [7, 11) is 0. The van der Waals surface area contributed by atoms with Gasteiger partial charge in [-0.05, 0) is 67.6 Å². The van der Waals surface area contributed by atoms with Crippen molar-refractivity contribution < 1.29 is 13.6 Å². The predicted octanol–water partition coefficient (Wildman–Crippen LogP) is 4.82. The number of nitrogens with one attached hydrogen (secondary N) is 1. The fraction of sp³-hybridized carbons (Fsp3) is 0.296. The van der Waals surface area contributed by atoms with Crippen LogP contribution in [0, 0.1) is 31.4 Å². The van der Waals surface area contributed by atoms with E-state index in [-0.39, 0.29) is 18.4 Å². The van der Waals surface area contributed by atoms with E-state index < -0.39 is 11.6 Å². The Morgan fingerprint density at radius 3 is 2.66 bits per heavy atom. The van der Waals surface area contributed by atoms with Crippen molar-refractivity contribution in [1.29, 1.82) is 0 Å². The highest BCUT2D eigenvalue weighted by atomic mass is 19.1. The number of benzene rings is 2. The summed E-state index contributed by atoms with van der Waals surface area (Å²) in [6.45, 7) is 5.56. The minimum absolute atomic E-state index is 0.0831. The molecule has 35 heavy (non-hydrogen) atoms. The molecule has 0 radical (unpaired) electrons. The van der Waals surface area contributed by atoms with Gasteiger partial charge in [0.05, 0.1) is 11.6 Å². The van der Waals surface area contributed by atoms with Gasteiger partial charge < -0.3 is 10.2 Å². The normalized spacial score (nSPS) is 16.0. The number of nitrogens with zero attached hydrogens (tertiary/aromatic N) is 4. The van der Waals surface area contributed by atoms with Crippen LogP contribution in [0.4, 0.5) is 14.6 Å². The number of hydrogen-bond acceptors (Lipinski definition) is 4. The van der Waals surface area contributed by atoms with Gasteiger partial charge in [-0.1, -0.05) is 12.1 Å².